The molecule has 0 amide bonds. The van der Waals surface area contributed by atoms with E-state index in [1.807, 2.05) is 0 Å². The lowest BCUT2D eigenvalue weighted by molar-refractivity contribution is 1.11. The van der Waals surface area contributed by atoms with Crippen LogP contribution in [0.25, 0.3) is 0 Å². The van der Waals surface area contributed by atoms with Gasteiger partial charge in [0.1, 0.15) is 0 Å². The average Bonchev–Trinajstić information content (AvgIpc) is 1.35. The van der Waals surface area contributed by atoms with E-state index in [9.17, 15) is 0 Å². The van der Waals surface area contributed by atoms with Crippen LogP contribution in [0.3, 0.4) is 0 Å². The molecule has 0 saturated heterocycles. The Bertz CT molecular complexity index is 106. The van der Waals surface area contributed by atoms with Gasteiger partial charge in [-0.25, -0.2) is 5.00 Å². The minimum absolute atomic E-state index is 1.27. The van der Waals surface area contributed by atoms with Crippen LogP contribution in [0.2, 0.25) is 0 Å². The van der Waals surface area contributed by atoms with Crippen molar-refractivity contribution in [2.75, 3.05) is 6.66 Å². The predicted octanol–water partition coefficient (Wildman–Crippen LogP) is 0.818. The molecule has 0 rings (SSSR count). The average molecular weight is 104 g/mol. The SMILES string of the molecule is CP(#N)N=NN. The first-order chi connectivity index (χ1) is 2.77. The highest BCUT2D eigenvalue weighted by Crippen LogP contribution is 2.09. The van der Waals surface area contributed by atoms with Gasteiger partial charge >= 0.3 is 0 Å². The Balaban J connectivity index is 3.41. The van der Waals surface area contributed by atoms with Crippen molar-refractivity contribution in [3.05, 3.63) is 0 Å². The van der Waals surface area contributed by atoms with Crippen molar-refractivity contribution in [2.45, 2.75) is 0 Å². The Morgan fingerprint density at radius 2 is 2.33 bits per heavy atom. The molecule has 0 aromatic heterocycles. The molecule has 5 heteroatoms. The summed E-state index contributed by atoms with van der Waals surface area (Å²) in [6, 6.07) is 0. The van der Waals surface area contributed by atoms with E-state index in [2.05, 4.69) is 16.0 Å². The van der Waals surface area contributed by atoms with Gasteiger partial charge in [0.2, 0.25) is 0 Å². The molecular weight excluding hydrogens is 99.0 g/mol. The molecule has 0 radical (unpaired) electrons. The van der Waals surface area contributed by atoms with Gasteiger partial charge in [0.05, 0.1) is 0 Å². The van der Waals surface area contributed by atoms with E-state index in [-0.39, 0.29) is 0 Å². The normalized spacial score (nSPS) is 12.3. The minimum Gasteiger partial charge on any atom is -0.304 e. The Morgan fingerprint density at radius 3 is 2.33 bits per heavy atom. The van der Waals surface area contributed by atoms with Crippen molar-refractivity contribution < 1.29 is 0 Å². The van der Waals surface area contributed by atoms with Gasteiger partial charge in [-0.05, 0) is 0 Å². The fourth-order valence-electron chi connectivity index (χ4n) is 0.0747. The van der Waals surface area contributed by atoms with Crippen LogP contribution in [0.1, 0.15) is 0 Å². The molecule has 4 nitrogen and oxygen atoms in total. The third kappa shape index (κ3) is 3.41. The van der Waals surface area contributed by atoms with E-state index < -0.39 is 7.71 Å². The summed E-state index contributed by atoms with van der Waals surface area (Å²) in [6.45, 7) is 1.53. The van der Waals surface area contributed by atoms with Crippen LogP contribution in [-0.2, 0) is 0 Å². The molecule has 34 valence electrons. The Hall–Kier alpha value is -0.590. The first kappa shape index (κ1) is 5.41. The number of hydrogen-bond donors (Lipinski definition) is 1. The lowest BCUT2D eigenvalue weighted by Crippen LogP contribution is -1.69. The molecule has 0 spiro atoms. The van der Waals surface area contributed by atoms with Crippen LogP contribution in [0.4, 0.5) is 0 Å². The molecule has 2 N–H and O–H groups in total. The highest BCUT2D eigenvalue weighted by Gasteiger charge is 1.69. The fourth-order valence-corrected chi connectivity index (χ4v) is 0.224. The van der Waals surface area contributed by atoms with Crippen molar-refractivity contribution in [3.63, 3.8) is 0 Å². The molecule has 0 heterocycles. The van der Waals surface area contributed by atoms with Crippen molar-refractivity contribution in [3.8, 4) is 0 Å². The number of nitrogens with zero attached hydrogens (tertiary/aromatic N) is 3. The van der Waals surface area contributed by atoms with E-state index in [0.29, 0.717) is 0 Å². The number of hydrogen-bond acceptors (Lipinski definition) is 3. The Kier molecular flexibility index (Phi) is 2.38. The highest BCUT2D eigenvalue weighted by atomic mass is 31.1. The van der Waals surface area contributed by atoms with Gasteiger partial charge in [0, 0.05) is 6.66 Å². The standard InChI is InChI=1S/CH5N4P/c1-6(3)5-4-2/h1H3,(H2,2,5). The Morgan fingerprint density at radius 1 is 1.83 bits per heavy atom. The summed E-state index contributed by atoms with van der Waals surface area (Å²) in [6.07, 6.45) is 0. The van der Waals surface area contributed by atoms with Gasteiger partial charge < -0.3 is 5.84 Å². The number of rotatable bonds is 0. The zero-order valence-electron chi connectivity index (χ0n) is 3.37. The summed E-state index contributed by atoms with van der Waals surface area (Å²) in [4.78, 5) is 3.15. The second kappa shape index (κ2) is 2.64. The van der Waals surface area contributed by atoms with E-state index >= 15 is 0 Å². The van der Waals surface area contributed by atoms with E-state index in [4.69, 9.17) is 5.00 Å². The van der Waals surface area contributed by atoms with Crippen molar-refractivity contribution in [2.24, 2.45) is 16.0 Å². The smallest absolute Gasteiger partial charge is 0.185 e. The van der Waals surface area contributed by atoms with Gasteiger partial charge in [-0.3, -0.25) is 0 Å². The largest absolute Gasteiger partial charge is 0.304 e. The molecule has 1 atom stereocenters. The molecule has 0 aliphatic carbocycles. The number of nitrogens with two attached hydrogens (primary N) is 1. The summed E-state index contributed by atoms with van der Waals surface area (Å²) in [5, 5.41) is 11.1. The van der Waals surface area contributed by atoms with Crippen LogP contribution < -0.4 is 5.84 Å². The summed E-state index contributed by atoms with van der Waals surface area (Å²) < 4.78 is 0. The minimum atomic E-state index is -1.27. The molecule has 0 bridgehead atoms. The molecule has 0 saturated carbocycles. The predicted molar refractivity (Wildman–Crippen MR) is 23.6 cm³/mol. The molecule has 0 aromatic rings. The van der Waals surface area contributed by atoms with Crippen molar-refractivity contribution >= 4 is 7.71 Å². The van der Waals surface area contributed by atoms with Crippen LogP contribution >= 0.6 is 7.71 Å². The lowest BCUT2D eigenvalue weighted by Gasteiger charge is -1.66. The molecule has 6 heavy (non-hydrogen) atoms. The van der Waals surface area contributed by atoms with Gasteiger partial charge in [-0.2, -0.15) is 0 Å². The van der Waals surface area contributed by atoms with Crippen LogP contribution in [0.15, 0.2) is 10.1 Å². The summed E-state index contributed by atoms with van der Waals surface area (Å²) in [5.74, 6) is 4.54. The summed E-state index contributed by atoms with van der Waals surface area (Å²) >= 11 is 0. The monoisotopic (exact) mass is 104 g/mol. The van der Waals surface area contributed by atoms with Crippen molar-refractivity contribution in [1.82, 2.24) is 0 Å². The molecule has 1 unspecified atom stereocenters. The van der Waals surface area contributed by atoms with Crippen molar-refractivity contribution in [1.29, 1.82) is 5.00 Å². The fraction of sp³-hybridized carbons (Fsp3) is 1.00. The van der Waals surface area contributed by atoms with Gasteiger partial charge in [-0.15, -0.1) is 0 Å². The highest BCUT2D eigenvalue weighted by molar-refractivity contribution is 7.40. The molecule has 0 aromatic carbocycles. The zero-order valence-corrected chi connectivity index (χ0v) is 4.26. The molecule has 0 aliphatic rings. The van der Waals surface area contributed by atoms with Gasteiger partial charge in [-0.1, -0.05) is 10.1 Å². The first-order valence-corrected chi connectivity index (χ1v) is 3.00. The summed E-state index contributed by atoms with van der Waals surface area (Å²) in [5.41, 5.74) is 0. The van der Waals surface area contributed by atoms with Gasteiger partial charge in [0.15, 0.2) is 7.71 Å². The summed E-state index contributed by atoms with van der Waals surface area (Å²) in [7, 11) is -1.27. The van der Waals surface area contributed by atoms with E-state index in [1.165, 1.54) is 6.66 Å². The third-order valence-corrected chi connectivity index (χ3v) is 0.543. The molecule has 0 aliphatic heterocycles. The molecule has 0 fully saturated rings. The van der Waals surface area contributed by atoms with Crippen LogP contribution in [-0.4, -0.2) is 6.66 Å². The maximum absolute atomic E-state index is 8.28. The lowest BCUT2D eigenvalue weighted by atomic mass is 12.0. The van der Waals surface area contributed by atoms with Gasteiger partial charge in [0.25, 0.3) is 0 Å². The maximum atomic E-state index is 8.28. The van der Waals surface area contributed by atoms with Crippen LogP contribution in [0.5, 0.6) is 0 Å². The topological polar surface area (TPSA) is 74.5 Å². The second-order valence-corrected chi connectivity index (χ2v) is 1.85. The first-order valence-electron chi connectivity index (χ1n) is 1.31. The van der Waals surface area contributed by atoms with E-state index in [0.717, 1.165) is 0 Å². The maximum Gasteiger partial charge on any atom is 0.185 e. The quantitative estimate of drug-likeness (QED) is 0.214. The molecular formula is CH5N4P. The second-order valence-electron chi connectivity index (χ2n) is 0.694. The Labute approximate surface area is 36.4 Å². The third-order valence-electron chi connectivity index (χ3n) is 0.181. The zero-order chi connectivity index (χ0) is 4.99. The van der Waals surface area contributed by atoms with E-state index in [1.54, 1.807) is 0 Å². The van der Waals surface area contributed by atoms with Crippen LogP contribution in [0, 0.1) is 5.00 Å².